The Morgan fingerprint density at radius 2 is 2.33 bits per heavy atom. The maximum atomic E-state index is 10.7. The number of thiophene rings is 1. The fourth-order valence-electron chi connectivity index (χ4n) is 1.14. The SMILES string of the molecule is N#Cc1csc([N+](=O)[O-])c1-c1cncs1. The molecule has 0 bridgehead atoms. The summed E-state index contributed by atoms with van der Waals surface area (Å²) in [7, 11) is 0. The molecule has 0 fully saturated rings. The Morgan fingerprint density at radius 3 is 2.87 bits per heavy atom. The van der Waals surface area contributed by atoms with Crippen LogP contribution >= 0.6 is 22.7 Å². The molecule has 0 unspecified atom stereocenters. The van der Waals surface area contributed by atoms with Crippen molar-refractivity contribution in [1.29, 1.82) is 5.26 Å². The molecule has 74 valence electrons. The van der Waals surface area contributed by atoms with E-state index in [0.717, 1.165) is 11.3 Å². The lowest BCUT2D eigenvalue weighted by Crippen LogP contribution is -1.86. The average molecular weight is 237 g/mol. The van der Waals surface area contributed by atoms with Crippen LogP contribution < -0.4 is 0 Å². The van der Waals surface area contributed by atoms with Gasteiger partial charge in [-0.3, -0.25) is 15.1 Å². The number of rotatable bonds is 2. The zero-order chi connectivity index (χ0) is 10.8. The quantitative estimate of drug-likeness (QED) is 0.594. The highest BCUT2D eigenvalue weighted by Crippen LogP contribution is 2.39. The lowest BCUT2D eigenvalue weighted by atomic mass is 10.2. The molecule has 0 aliphatic heterocycles. The summed E-state index contributed by atoms with van der Waals surface area (Å²) in [6.07, 6.45) is 1.53. The topological polar surface area (TPSA) is 79.8 Å². The Labute approximate surface area is 92.4 Å². The number of hydrogen-bond donors (Lipinski definition) is 0. The summed E-state index contributed by atoms with van der Waals surface area (Å²) in [4.78, 5) is 14.8. The molecule has 5 nitrogen and oxygen atoms in total. The van der Waals surface area contributed by atoms with Crippen LogP contribution in [0.5, 0.6) is 0 Å². The van der Waals surface area contributed by atoms with E-state index in [4.69, 9.17) is 5.26 Å². The van der Waals surface area contributed by atoms with Gasteiger partial charge in [0.2, 0.25) is 0 Å². The third-order valence-electron chi connectivity index (χ3n) is 1.74. The average Bonchev–Trinajstić information content (AvgIpc) is 2.85. The van der Waals surface area contributed by atoms with Crippen molar-refractivity contribution in [2.24, 2.45) is 0 Å². The Kier molecular flexibility index (Phi) is 2.45. The Bertz CT molecular complexity index is 539. The van der Waals surface area contributed by atoms with Gasteiger partial charge in [-0.05, 0) is 0 Å². The molecule has 2 rings (SSSR count). The Hall–Kier alpha value is -1.78. The number of nitriles is 1. The highest BCUT2D eigenvalue weighted by Gasteiger charge is 2.23. The molecule has 2 heterocycles. The van der Waals surface area contributed by atoms with Gasteiger partial charge in [-0.1, -0.05) is 11.3 Å². The summed E-state index contributed by atoms with van der Waals surface area (Å²) >= 11 is 2.25. The van der Waals surface area contributed by atoms with Gasteiger partial charge in [-0.2, -0.15) is 5.26 Å². The van der Waals surface area contributed by atoms with Crippen LogP contribution in [0.25, 0.3) is 10.4 Å². The van der Waals surface area contributed by atoms with E-state index in [1.165, 1.54) is 22.9 Å². The molecule has 0 atom stereocenters. The molecular formula is C8H3N3O2S2. The van der Waals surface area contributed by atoms with Crippen LogP contribution in [-0.2, 0) is 0 Å². The monoisotopic (exact) mass is 237 g/mol. The van der Waals surface area contributed by atoms with E-state index < -0.39 is 4.92 Å². The van der Waals surface area contributed by atoms with Crippen molar-refractivity contribution in [2.75, 3.05) is 0 Å². The van der Waals surface area contributed by atoms with Gasteiger partial charge in [0, 0.05) is 11.6 Å². The number of thiazole rings is 1. The Balaban J connectivity index is 2.67. The minimum atomic E-state index is -0.472. The molecule has 2 aromatic heterocycles. The van der Waals surface area contributed by atoms with Gasteiger partial charge < -0.3 is 0 Å². The van der Waals surface area contributed by atoms with E-state index in [1.54, 1.807) is 5.51 Å². The molecular weight excluding hydrogens is 234 g/mol. The standard InChI is InChI=1S/C8H3N3O2S2/c9-1-5-3-14-8(11(12)13)7(5)6-2-10-4-15-6/h2-4H. The van der Waals surface area contributed by atoms with Crippen LogP contribution in [-0.4, -0.2) is 9.91 Å². The largest absolute Gasteiger partial charge is 0.334 e. The lowest BCUT2D eigenvalue weighted by molar-refractivity contribution is -0.379. The molecule has 2 aromatic rings. The maximum Gasteiger partial charge on any atom is 0.334 e. The Morgan fingerprint density at radius 1 is 1.53 bits per heavy atom. The highest BCUT2D eigenvalue weighted by molar-refractivity contribution is 7.16. The molecule has 0 aliphatic rings. The predicted molar refractivity (Wildman–Crippen MR) is 56.8 cm³/mol. The second-order valence-electron chi connectivity index (χ2n) is 2.56. The zero-order valence-electron chi connectivity index (χ0n) is 7.21. The smallest absolute Gasteiger partial charge is 0.258 e. The number of nitro groups is 1. The summed E-state index contributed by atoms with van der Waals surface area (Å²) in [5, 5.41) is 21.1. The normalized spacial score (nSPS) is 9.80. The van der Waals surface area contributed by atoms with Crippen molar-refractivity contribution < 1.29 is 4.92 Å². The molecule has 0 N–H and O–H groups in total. The van der Waals surface area contributed by atoms with Gasteiger partial charge >= 0.3 is 5.00 Å². The third-order valence-corrected chi connectivity index (χ3v) is 3.46. The maximum absolute atomic E-state index is 10.7. The molecule has 0 aliphatic carbocycles. The molecule has 0 amide bonds. The van der Waals surface area contributed by atoms with E-state index in [-0.39, 0.29) is 5.00 Å². The minimum Gasteiger partial charge on any atom is -0.258 e. The second-order valence-corrected chi connectivity index (χ2v) is 4.31. The fourth-order valence-corrected chi connectivity index (χ4v) is 2.71. The van der Waals surface area contributed by atoms with E-state index >= 15 is 0 Å². The number of hydrogen-bond acceptors (Lipinski definition) is 6. The fraction of sp³-hybridized carbons (Fsp3) is 0. The first-order valence-corrected chi connectivity index (χ1v) is 5.55. The van der Waals surface area contributed by atoms with E-state index in [2.05, 4.69) is 4.98 Å². The highest BCUT2D eigenvalue weighted by atomic mass is 32.1. The molecule has 0 spiro atoms. The molecule has 7 heteroatoms. The van der Waals surface area contributed by atoms with Crippen molar-refractivity contribution in [2.45, 2.75) is 0 Å². The number of nitrogens with zero attached hydrogens (tertiary/aromatic N) is 3. The van der Waals surface area contributed by atoms with Gasteiger partial charge in [0.05, 0.1) is 20.9 Å². The van der Waals surface area contributed by atoms with Crippen LogP contribution in [0.15, 0.2) is 17.1 Å². The summed E-state index contributed by atoms with van der Waals surface area (Å²) in [6.45, 7) is 0. The predicted octanol–water partition coefficient (Wildman–Crippen LogP) is 2.65. The zero-order valence-corrected chi connectivity index (χ0v) is 8.84. The van der Waals surface area contributed by atoms with Crippen molar-refractivity contribution >= 4 is 27.7 Å². The lowest BCUT2D eigenvalue weighted by Gasteiger charge is -1.92. The van der Waals surface area contributed by atoms with Crippen LogP contribution in [0.3, 0.4) is 0 Å². The number of aromatic nitrogens is 1. The first kappa shape index (κ1) is 9.76. The van der Waals surface area contributed by atoms with E-state index in [0.29, 0.717) is 16.0 Å². The summed E-state index contributed by atoms with van der Waals surface area (Å²) < 4.78 is 0. The first-order chi connectivity index (χ1) is 7.24. The second kappa shape index (κ2) is 3.76. The van der Waals surface area contributed by atoms with Crippen molar-refractivity contribution in [3.8, 4) is 16.5 Å². The third kappa shape index (κ3) is 1.60. The molecule has 0 saturated heterocycles. The summed E-state index contributed by atoms with van der Waals surface area (Å²) in [5.41, 5.74) is 2.30. The van der Waals surface area contributed by atoms with Crippen molar-refractivity contribution in [3.05, 3.63) is 32.8 Å². The minimum absolute atomic E-state index is 0.00389. The summed E-state index contributed by atoms with van der Waals surface area (Å²) in [5.74, 6) is 0. The van der Waals surface area contributed by atoms with E-state index in [9.17, 15) is 10.1 Å². The van der Waals surface area contributed by atoms with Gasteiger partial charge in [0.15, 0.2) is 0 Å². The van der Waals surface area contributed by atoms with Crippen molar-refractivity contribution in [1.82, 2.24) is 4.98 Å². The molecule has 0 radical (unpaired) electrons. The van der Waals surface area contributed by atoms with Gasteiger partial charge in [0.25, 0.3) is 0 Å². The van der Waals surface area contributed by atoms with Gasteiger partial charge in [0.1, 0.15) is 11.6 Å². The van der Waals surface area contributed by atoms with Crippen LogP contribution in [0, 0.1) is 21.4 Å². The van der Waals surface area contributed by atoms with Crippen LogP contribution in [0.2, 0.25) is 0 Å². The first-order valence-electron chi connectivity index (χ1n) is 3.79. The molecule has 15 heavy (non-hydrogen) atoms. The molecule has 0 saturated carbocycles. The molecule has 0 aromatic carbocycles. The summed E-state index contributed by atoms with van der Waals surface area (Å²) in [6, 6.07) is 1.94. The van der Waals surface area contributed by atoms with Gasteiger partial charge in [-0.15, -0.1) is 11.3 Å². The van der Waals surface area contributed by atoms with Gasteiger partial charge in [-0.25, -0.2) is 0 Å². The van der Waals surface area contributed by atoms with Crippen molar-refractivity contribution in [3.63, 3.8) is 0 Å². The van der Waals surface area contributed by atoms with Crippen LogP contribution in [0.1, 0.15) is 5.56 Å². The van der Waals surface area contributed by atoms with Crippen LogP contribution in [0.4, 0.5) is 5.00 Å². The van der Waals surface area contributed by atoms with E-state index in [1.807, 2.05) is 6.07 Å².